The number of aromatic nitrogens is 1. The summed E-state index contributed by atoms with van der Waals surface area (Å²) in [6, 6.07) is 1.81. The highest BCUT2D eigenvalue weighted by Gasteiger charge is 2.30. The molecule has 0 radical (unpaired) electrons. The van der Waals surface area contributed by atoms with Crippen molar-refractivity contribution in [2.24, 2.45) is 5.92 Å². The van der Waals surface area contributed by atoms with E-state index in [1.54, 1.807) is 12.3 Å². The standard InChI is InChI=1S/C13H23N3O2S/c1-3-4-14-8-12-7-13(9-15-12)19(17,18)16-11-5-10(2)6-11/h7,9-11,14-16H,3-6,8H2,1-2H3. The van der Waals surface area contributed by atoms with Gasteiger partial charge < -0.3 is 10.3 Å². The first-order chi connectivity index (χ1) is 9.01. The summed E-state index contributed by atoms with van der Waals surface area (Å²) in [6.07, 6.45) is 4.50. The normalized spacial score (nSPS) is 23.3. The van der Waals surface area contributed by atoms with E-state index in [0.717, 1.165) is 31.5 Å². The predicted octanol–water partition coefficient (Wildman–Crippen LogP) is 1.59. The lowest BCUT2D eigenvalue weighted by Gasteiger charge is -2.32. The summed E-state index contributed by atoms with van der Waals surface area (Å²) in [7, 11) is -3.36. The molecule has 0 bridgehead atoms. The molecule has 0 amide bonds. The minimum absolute atomic E-state index is 0.108. The van der Waals surface area contributed by atoms with Gasteiger partial charge in [0.1, 0.15) is 0 Å². The molecule has 108 valence electrons. The van der Waals surface area contributed by atoms with Crippen LogP contribution in [0, 0.1) is 5.92 Å². The Bertz CT molecular complexity index is 504. The number of H-pyrrole nitrogens is 1. The first kappa shape index (κ1) is 14.6. The van der Waals surface area contributed by atoms with Crippen LogP contribution in [0.15, 0.2) is 17.2 Å². The Balaban J connectivity index is 1.92. The molecule has 19 heavy (non-hydrogen) atoms. The highest BCUT2D eigenvalue weighted by atomic mass is 32.2. The molecule has 1 heterocycles. The van der Waals surface area contributed by atoms with Crippen molar-refractivity contribution in [3.8, 4) is 0 Å². The van der Waals surface area contributed by atoms with Gasteiger partial charge in [0.05, 0.1) is 4.90 Å². The van der Waals surface area contributed by atoms with Crippen molar-refractivity contribution in [1.29, 1.82) is 0 Å². The van der Waals surface area contributed by atoms with Gasteiger partial charge in [-0.25, -0.2) is 13.1 Å². The Morgan fingerprint density at radius 1 is 1.42 bits per heavy atom. The molecule has 0 aliphatic heterocycles. The summed E-state index contributed by atoms with van der Waals surface area (Å²) in [6.45, 7) is 5.84. The van der Waals surface area contributed by atoms with Crippen LogP contribution in [0.25, 0.3) is 0 Å². The Morgan fingerprint density at radius 2 is 2.16 bits per heavy atom. The summed E-state index contributed by atoms with van der Waals surface area (Å²) >= 11 is 0. The fourth-order valence-electron chi connectivity index (χ4n) is 2.36. The molecule has 1 aliphatic carbocycles. The zero-order chi connectivity index (χ0) is 13.9. The van der Waals surface area contributed by atoms with Crippen LogP contribution < -0.4 is 10.0 Å². The summed E-state index contributed by atoms with van der Waals surface area (Å²) in [4.78, 5) is 3.34. The maximum atomic E-state index is 12.1. The summed E-state index contributed by atoms with van der Waals surface area (Å²) in [5, 5.41) is 3.24. The van der Waals surface area contributed by atoms with Gasteiger partial charge >= 0.3 is 0 Å². The van der Waals surface area contributed by atoms with E-state index in [9.17, 15) is 8.42 Å². The Hall–Kier alpha value is -0.850. The van der Waals surface area contributed by atoms with Crippen molar-refractivity contribution in [3.05, 3.63) is 18.0 Å². The Labute approximate surface area is 115 Å². The molecule has 3 N–H and O–H groups in total. The van der Waals surface area contributed by atoms with E-state index in [4.69, 9.17) is 0 Å². The van der Waals surface area contributed by atoms with Gasteiger partial charge in [-0.2, -0.15) is 0 Å². The minimum Gasteiger partial charge on any atom is -0.363 e. The molecule has 0 atom stereocenters. The third-order valence-electron chi connectivity index (χ3n) is 3.46. The van der Waals surface area contributed by atoms with Gasteiger partial charge in [0.2, 0.25) is 10.0 Å². The van der Waals surface area contributed by atoms with Gasteiger partial charge in [0.25, 0.3) is 0 Å². The first-order valence-electron chi connectivity index (χ1n) is 6.91. The van der Waals surface area contributed by atoms with E-state index < -0.39 is 10.0 Å². The third kappa shape index (κ3) is 3.81. The van der Waals surface area contributed by atoms with Crippen LogP contribution in [-0.4, -0.2) is 26.0 Å². The van der Waals surface area contributed by atoms with E-state index in [1.165, 1.54) is 0 Å². The van der Waals surface area contributed by atoms with E-state index in [-0.39, 0.29) is 6.04 Å². The summed E-state index contributed by atoms with van der Waals surface area (Å²) < 4.78 is 27.0. The molecule has 1 aromatic rings. The Morgan fingerprint density at radius 3 is 2.79 bits per heavy atom. The molecule has 1 saturated carbocycles. The quantitative estimate of drug-likeness (QED) is 0.666. The van der Waals surface area contributed by atoms with Crippen LogP contribution in [0.5, 0.6) is 0 Å². The van der Waals surface area contributed by atoms with Gasteiger partial charge in [0, 0.05) is 24.5 Å². The largest absolute Gasteiger partial charge is 0.363 e. The van der Waals surface area contributed by atoms with Crippen molar-refractivity contribution in [3.63, 3.8) is 0 Å². The number of aromatic amines is 1. The molecular formula is C13H23N3O2S. The smallest absolute Gasteiger partial charge is 0.242 e. The third-order valence-corrected chi connectivity index (χ3v) is 4.96. The average Bonchev–Trinajstić information content (AvgIpc) is 2.77. The van der Waals surface area contributed by atoms with E-state index in [2.05, 4.69) is 28.9 Å². The summed E-state index contributed by atoms with van der Waals surface area (Å²) in [5.41, 5.74) is 0.899. The van der Waals surface area contributed by atoms with Gasteiger partial charge in [-0.3, -0.25) is 0 Å². The first-order valence-corrected chi connectivity index (χ1v) is 8.40. The molecule has 0 unspecified atom stereocenters. The average molecular weight is 285 g/mol. The molecule has 0 aromatic carbocycles. The minimum atomic E-state index is -3.36. The molecular weight excluding hydrogens is 262 g/mol. The number of sulfonamides is 1. The van der Waals surface area contributed by atoms with Crippen molar-refractivity contribution in [2.45, 2.75) is 50.6 Å². The second kappa shape index (κ2) is 6.07. The van der Waals surface area contributed by atoms with Crippen LogP contribution in [0.2, 0.25) is 0 Å². The molecule has 6 heteroatoms. The van der Waals surface area contributed by atoms with Crippen LogP contribution in [0.3, 0.4) is 0 Å². The lowest BCUT2D eigenvalue weighted by atomic mass is 9.83. The molecule has 0 saturated heterocycles. The monoisotopic (exact) mass is 285 g/mol. The van der Waals surface area contributed by atoms with Crippen LogP contribution in [0.1, 0.15) is 38.8 Å². The van der Waals surface area contributed by atoms with Gasteiger partial charge in [-0.1, -0.05) is 13.8 Å². The molecule has 2 rings (SSSR count). The lowest BCUT2D eigenvalue weighted by Crippen LogP contribution is -2.43. The maximum Gasteiger partial charge on any atom is 0.242 e. The van der Waals surface area contributed by atoms with Crippen LogP contribution in [0.4, 0.5) is 0 Å². The zero-order valence-electron chi connectivity index (χ0n) is 11.6. The van der Waals surface area contributed by atoms with Gasteiger partial charge in [-0.05, 0) is 37.8 Å². The fraction of sp³-hybridized carbons (Fsp3) is 0.692. The maximum absolute atomic E-state index is 12.1. The van der Waals surface area contributed by atoms with Crippen LogP contribution >= 0.6 is 0 Å². The van der Waals surface area contributed by atoms with Crippen molar-refractivity contribution < 1.29 is 8.42 Å². The number of hydrogen-bond donors (Lipinski definition) is 3. The van der Waals surface area contributed by atoms with Crippen molar-refractivity contribution in [1.82, 2.24) is 15.0 Å². The molecule has 1 aliphatic rings. The number of rotatable bonds is 7. The second-order valence-corrected chi connectivity index (χ2v) is 7.15. The Kier molecular flexibility index (Phi) is 4.65. The summed E-state index contributed by atoms with van der Waals surface area (Å²) in [5.74, 6) is 0.632. The SMILES string of the molecule is CCCNCc1cc(S(=O)(=O)NC2CC(C)C2)c[nH]1. The van der Waals surface area contributed by atoms with Crippen LogP contribution in [-0.2, 0) is 16.6 Å². The zero-order valence-corrected chi connectivity index (χ0v) is 12.4. The topological polar surface area (TPSA) is 74.0 Å². The molecule has 1 fully saturated rings. The van der Waals surface area contributed by atoms with Gasteiger partial charge in [0.15, 0.2) is 0 Å². The van der Waals surface area contributed by atoms with E-state index in [0.29, 0.717) is 17.4 Å². The molecule has 1 aromatic heterocycles. The second-order valence-electron chi connectivity index (χ2n) is 5.43. The lowest BCUT2D eigenvalue weighted by molar-refractivity contribution is 0.270. The van der Waals surface area contributed by atoms with Crippen molar-refractivity contribution in [2.75, 3.05) is 6.54 Å². The van der Waals surface area contributed by atoms with Crippen molar-refractivity contribution >= 4 is 10.0 Å². The number of nitrogens with one attached hydrogen (secondary N) is 3. The highest BCUT2D eigenvalue weighted by molar-refractivity contribution is 7.89. The predicted molar refractivity (Wildman–Crippen MR) is 75.3 cm³/mol. The highest BCUT2D eigenvalue weighted by Crippen LogP contribution is 2.27. The van der Waals surface area contributed by atoms with E-state index in [1.807, 2.05) is 0 Å². The molecule has 0 spiro atoms. The van der Waals surface area contributed by atoms with Gasteiger partial charge in [-0.15, -0.1) is 0 Å². The fourth-order valence-corrected chi connectivity index (χ4v) is 3.64. The molecule has 5 nitrogen and oxygen atoms in total. The number of hydrogen-bond acceptors (Lipinski definition) is 3. The van der Waals surface area contributed by atoms with E-state index >= 15 is 0 Å².